The number of azo groups is 2. The van der Waals surface area contributed by atoms with Crippen LogP contribution < -0.4 is 21.3 Å². The van der Waals surface area contributed by atoms with Gasteiger partial charge in [0.2, 0.25) is 0 Å². The summed E-state index contributed by atoms with van der Waals surface area (Å²) in [6.07, 6.45) is 0. The van der Waals surface area contributed by atoms with Gasteiger partial charge in [-0.25, -0.2) is 0 Å². The molecule has 4 amide bonds. The molecule has 318 valence electrons. The Morgan fingerprint density at radius 2 is 0.806 bits per heavy atom. The Morgan fingerprint density at radius 3 is 1.16 bits per heavy atom. The van der Waals surface area contributed by atoms with Crippen LogP contribution in [0.1, 0.15) is 67.9 Å². The highest BCUT2D eigenvalue weighted by Gasteiger charge is 2.27. The summed E-state index contributed by atoms with van der Waals surface area (Å²) in [5.74, 6) is -3.63. The lowest BCUT2D eigenvalue weighted by Crippen LogP contribution is -2.36. The number of benzene rings is 5. The molecule has 62 heavy (non-hydrogen) atoms. The zero-order valence-electron chi connectivity index (χ0n) is 35.2. The second kappa shape index (κ2) is 20.1. The quantitative estimate of drug-likeness (QED) is 0.0623. The van der Waals surface area contributed by atoms with E-state index < -0.39 is 47.3 Å². The smallest absolute Gasteiger partial charge is 0.294 e. The van der Waals surface area contributed by atoms with Gasteiger partial charge in [0.15, 0.2) is 23.7 Å². The molecule has 5 aromatic carbocycles. The first kappa shape index (κ1) is 46.2. The normalized spacial score (nSPS) is 12.2. The number of ketones is 2. The number of halogens is 2. The monoisotopic (exact) mass is 874 g/mol. The molecule has 0 fully saturated rings. The Labute approximate surface area is 368 Å². The molecule has 16 heteroatoms. The molecule has 5 aromatic rings. The van der Waals surface area contributed by atoms with Gasteiger partial charge in [-0.05, 0) is 149 Å². The van der Waals surface area contributed by atoms with Crippen molar-refractivity contribution in [3.63, 3.8) is 0 Å². The predicted molar refractivity (Wildman–Crippen MR) is 242 cm³/mol. The van der Waals surface area contributed by atoms with Crippen molar-refractivity contribution in [1.29, 1.82) is 0 Å². The van der Waals surface area contributed by atoms with Gasteiger partial charge in [-0.2, -0.15) is 0 Å². The maximum absolute atomic E-state index is 13.3. The van der Waals surface area contributed by atoms with E-state index in [2.05, 4.69) is 41.7 Å². The fourth-order valence-electron chi connectivity index (χ4n) is 6.00. The molecule has 14 nitrogen and oxygen atoms in total. The van der Waals surface area contributed by atoms with Crippen molar-refractivity contribution >= 4 is 92.5 Å². The molecule has 5 rings (SSSR count). The summed E-state index contributed by atoms with van der Waals surface area (Å²) in [6, 6.07) is 20.3. The van der Waals surface area contributed by atoms with Crippen LogP contribution in [0, 0.1) is 41.5 Å². The molecule has 0 aliphatic rings. The van der Waals surface area contributed by atoms with E-state index in [1.807, 2.05) is 13.8 Å². The van der Waals surface area contributed by atoms with Gasteiger partial charge in [0.1, 0.15) is 0 Å². The van der Waals surface area contributed by atoms with Gasteiger partial charge < -0.3 is 21.3 Å². The van der Waals surface area contributed by atoms with E-state index in [-0.39, 0.29) is 22.5 Å². The van der Waals surface area contributed by atoms with Crippen molar-refractivity contribution in [1.82, 2.24) is 0 Å². The van der Waals surface area contributed by atoms with E-state index in [1.54, 1.807) is 100 Å². The Bertz CT molecular complexity index is 2510. The second-order valence-corrected chi connectivity index (χ2v) is 15.6. The third kappa shape index (κ3) is 11.7. The number of nitrogens with one attached hydrogen (secondary N) is 4. The van der Waals surface area contributed by atoms with Crippen molar-refractivity contribution in [2.75, 3.05) is 21.3 Å². The van der Waals surface area contributed by atoms with Gasteiger partial charge in [-0.1, -0.05) is 47.5 Å². The lowest BCUT2D eigenvalue weighted by molar-refractivity contribution is -0.128. The minimum Gasteiger partial charge on any atom is -0.367 e. The van der Waals surface area contributed by atoms with Crippen LogP contribution in [0.15, 0.2) is 105 Å². The molecule has 0 radical (unpaired) electrons. The van der Waals surface area contributed by atoms with Crippen molar-refractivity contribution in [2.45, 2.75) is 67.5 Å². The van der Waals surface area contributed by atoms with Crippen LogP contribution in [0.5, 0.6) is 0 Å². The summed E-state index contributed by atoms with van der Waals surface area (Å²) < 4.78 is 0. The van der Waals surface area contributed by atoms with Crippen LogP contribution in [0.4, 0.5) is 34.1 Å². The number of carbonyl (C=O) groups is 6. The molecule has 0 aliphatic heterocycles. The summed E-state index contributed by atoms with van der Waals surface area (Å²) in [4.78, 5) is 78.3. The van der Waals surface area contributed by atoms with Crippen molar-refractivity contribution < 1.29 is 28.8 Å². The van der Waals surface area contributed by atoms with Gasteiger partial charge in [0.25, 0.3) is 23.6 Å². The molecule has 0 heterocycles. The highest BCUT2D eigenvalue weighted by atomic mass is 35.5. The van der Waals surface area contributed by atoms with E-state index >= 15 is 0 Å². The molecule has 0 saturated carbocycles. The summed E-state index contributed by atoms with van der Waals surface area (Å²) in [5.41, 5.74) is 6.99. The number of hydrogen-bond donors (Lipinski definition) is 4. The first-order chi connectivity index (χ1) is 29.3. The number of nitrogens with zero attached hydrogens (tertiary/aromatic N) is 4. The molecule has 0 aliphatic carbocycles. The molecule has 0 saturated heterocycles. The van der Waals surface area contributed by atoms with Gasteiger partial charge in [0.05, 0.1) is 11.4 Å². The lowest BCUT2D eigenvalue weighted by atomic mass is 10.0. The lowest BCUT2D eigenvalue weighted by Gasteiger charge is -2.20. The Kier molecular flexibility index (Phi) is 15.0. The minimum absolute atomic E-state index is 0.253. The highest BCUT2D eigenvalue weighted by molar-refractivity contribution is 6.31. The van der Waals surface area contributed by atoms with Gasteiger partial charge in [0, 0.05) is 43.9 Å². The molecule has 0 spiro atoms. The van der Waals surface area contributed by atoms with E-state index in [0.29, 0.717) is 55.0 Å². The van der Waals surface area contributed by atoms with Crippen molar-refractivity contribution in [2.24, 2.45) is 20.5 Å². The fourth-order valence-corrected chi connectivity index (χ4v) is 6.34. The van der Waals surface area contributed by atoms with Gasteiger partial charge >= 0.3 is 0 Å². The molecule has 0 aromatic heterocycles. The third-order valence-corrected chi connectivity index (χ3v) is 10.3. The number of anilines is 4. The molecule has 2 unspecified atom stereocenters. The first-order valence-corrected chi connectivity index (χ1v) is 20.0. The Morgan fingerprint density at radius 1 is 0.452 bits per heavy atom. The van der Waals surface area contributed by atoms with Crippen LogP contribution in [-0.4, -0.2) is 47.3 Å². The van der Waals surface area contributed by atoms with E-state index in [1.165, 1.54) is 26.0 Å². The van der Waals surface area contributed by atoms with Crippen molar-refractivity contribution in [3.8, 4) is 0 Å². The van der Waals surface area contributed by atoms with E-state index in [9.17, 15) is 28.8 Å². The van der Waals surface area contributed by atoms with Gasteiger partial charge in [-0.15, -0.1) is 20.5 Å². The van der Waals surface area contributed by atoms with E-state index in [4.69, 9.17) is 23.2 Å². The molecular weight excluding hydrogens is 831 g/mol. The number of rotatable bonds is 14. The van der Waals surface area contributed by atoms with Crippen molar-refractivity contribution in [3.05, 3.63) is 139 Å². The zero-order chi connectivity index (χ0) is 45.4. The maximum Gasteiger partial charge on any atom is 0.294 e. The largest absolute Gasteiger partial charge is 0.367 e. The zero-order valence-corrected chi connectivity index (χ0v) is 36.7. The summed E-state index contributed by atoms with van der Waals surface area (Å²) >= 11 is 12.2. The van der Waals surface area contributed by atoms with Crippen LogP contribution in [0.3, 0.4) is 0 Å². The summed E-state index contributed by atoms with van der Waals surface area (Å²) in [5, 5.41) is 28.3. The van der Waals surface area contributed by atoms with Crippen LogP contribution >= 0.6 is 23.2 Å². The average molecular weight is 876 g/mol. The maximum atomic E-state index is 13.3. The molecule has 4 N–H and O–H groups in total. The molecular formula is C46H44Cl2N8O6. The number of Topliss-reactive ketones (excluding diaryl/α,β-unsaturated/α-hetero) is 2. The number of carbonyl (C=O) groups excluding carboxylic acids is 6. The highest BCUT2D eigenvalue weighted by Crippen LogP contribution is 2.29. The second-order valence-electron chi connectivity index (χ2n) is 14.8. The number of amides is 4. The summed E-state index contributed by atoms with van der Waals surface area (Å²) in [7, 11) is 0. The Hall–Kier alpha value is -6.90. The van der Waals surface area contributed by atoms with Crippen LogP contribution in [0.2, 0.25) is 10.0 Å². The average Bonchev–Trinajstić information content (AvgIpc) is 3.21. The Balaban J connectivity index is 1.28. The minimum atomic E-state index is -1.41. The SMILES string of the molecule is CC(=O)C(Nc1cc(C)c(NC(C(C)=O)C(=O)N=Nc2cc(C(=O)Nc3cc(Cl)ccc3C)ccc2C)cc1C)C(=O)N=Nc1cc(C(=O)Nc2cc(Cl)ccc2C)ccc1C. The van der Waals surface area contributed by atoms with Crippen LogP contribution in [-0.2, 0) is 19.2 Å². The third-order valence-electron chi connectivity index (χ3n) is 9.83. The number of aryl methyl sites for hydroxylation is 6. The predicted octanol–water partition coefficient (Wildman–Crippen LogP) is 10.7. The molecule has 2 atom stereocenters. The fraction of sp³-hybridized carbons (Fsp3) is 0.217. The van der Waals surface area contributed by atoms with Gasteiger partial charge in [-0.3, -0.25) is 28.8 Å². The summed E-state index contributed by atoms with van der Waals surface area (Å²) in [6.45, 7) is 13.1. The first-order valence-electron chi connectivity index (χ1n) is 19.2. The molecule has 0 bridgehead atoms. The standard InChI is InChI=1S/C46H44Cl2N8O6/c1-23-11-15-33(47)21-37(23)51-43(59)31-13-9-25(3)39(19-31)53-55-45(61)41(29(7)57)49-35-17-28(6)36(18-27(35)5)50-42(30(8)58)46(62)56-54-40-20-32(14-10-26(40)4)44(60)52-38-22-34(48)16-12-24(38)2/h9-22,41-42,49-50H,1-8H3,(H,51,59)(H,52,60). The van der Waals surface area contributed by atoms with E-state index in [0.717, 1.165) is 11.1 Å². The van der Waals surface area contributed by atoms with Crippen LogP contribution in [0.25, 0.3) is 0 Å². The topological polar surface area (TPSA) is 200 Å². The number of hydrogen-bond acceptors (Lipinski definition) is 10.